The molecule has 0 unspecified atom stereocenters. The number of anilines is 1. The van der Waals surface area contributed by atoms with Gasteiger partial charge in [-0.05, 0) is 107 Å². The van der Waals surface area contributed by atoms with Gasteiger partial charge in [-0.15, -0.1) is 0 Å². The lowest BCUT2D eigenvalue weighted by molar-refractivity contribution is -0.117. The van der Waals surface area contributed by atoms with Gasteiger partial charge in [0.2, 0.25) is 5.91 Å². The quantitative estimate of drug-likeness (QED) is 0.536. The van der Waals surface area contributed by atoms with Gasteiger partial charge in [-0.25, -0.2) is 0 Å². The highest BCUT2D eigenvalue weighted by Gasteiger charge is 2.52. The third-order valence-corrected chi connectivity index (χ3v) is 8.20. The average Bonchev–Trinajstić information content (AvgIpc) is 3.26. The second-order valence-corrected chi connectivity index (χ2v) is 11.1. The van der Waals surface area contributed by atoms with E-state index in [0.29, 0.717) is 30.1 Å². The van der Waals surface area contributed by atoms with Crippen LogP contribution in [0, 0.1) is 17.8 Å². The summed E-state index contributed by atoms with van der Waals surface area (Å²) in [6, 6.07) is 5.60. The van der Waals surface area contributed by atoms with Crippen molar-refractivity contribution in [2.75, 3.05) is 31.5 Å². The van der Waals surface area contributed by atoms with Crippen LogP contribution in [0.1, 0.15) is 81.5 Å². The van der Waals surface area contributed by atoms with Gasteiger partial charge in [0.15, 0.2) is 0 Å². The number of hydrogen-bond donors (Lipinski definition) is 2. The summed E-state index contributed by atoms with van der Waals surface area (Å²) < 4.78 is 6.76. The van der Waals surface area contributed by atoms with E-state index in [0.717, 1.165) is 75.8 Å². The number of unbranched alkanes of at least 4 members (excludes halogenated alkanes) is 1. The summed E-state index contributed by atoms with van der Waals surface area (Å²) in [5.74, 6) is 2.87. The van der Waals surface area contributed by atoms with Gasteiger partial charge in [0.1, 0.15) is 11.4 Å². The molecule has 1 heterocycles. The minimum absolute atomic E-state index is 0.0241. The second kappa shape index (κ2) is 9.65. The van der Waals surface area contributed by atoms with Crippen molar-refractivity contribution in [1.29, 1.82) is 0 Å². The van der Waals surface area contributed by atoms with Crippen molar-refractivity contribution in [3.63, 3.8) is 0 Å². The molecule has 2 N–H and O–H groups in total. The molecule has 0 atom stereocenters. The summed E-state index contributed by atoms with van der Waals surface area (Å²) in [6.45, 7) is 5.14. The number of rotatable bonds is 9. The van der Waals surface area contributed by atoms with Crippen LogP contribution >= 0.6 is 0 Å². The molecule has 4 saturated carbocycles. The van der Waals surface area contributed by atoms with Gasteiger partial charge in [0, 0.05) is 12.2 Å². The van der Waals surface area contributed by atoms with E-state index in [2.05, 4.69) is 22.5 Å². The monoisotopic (exact) mass is 453 g/mol. The molecule has 1 aromatic rings. The van der Waals surface area contributed by atoms with E-state index < -0.39 is 0 Å². The summed E-state index contributed by atoms with van der Waals surface area (Å²) in [4.78, 5) is 27.9. The number of nitrogens with zero attached hydrogens (tertiary/aromatic N) is 1. The SMILES string of the molecule is CCCCNC(=O)c1cc(NC(=O)CN2CCCC2)ccc1OC12CC3CC(CC(C3)C1)C2. The molecule has 0 aromatic heterocycles. The van der Waals surface area contributed by atoms with Crippen LogP contribution in [0.3, 0.4) is 0 Å². The maximum Gasteiger partial charge on any atom is 0.255 e. The first-order valence-electron chi connectivity index (χ1n) is 13.2. The van der Waals surface area contributed by atoms with Crippen LogP contribution in [0.4, 0.5) is 5.69 Å². The van der Waals surface area contributed by atoms with E-state index >= 15 is 0 Å². The summed E-state index contributed by atoms with van der Waals surface area (Å²) in [6.07, 6.45) is 11.7. The maximum absolute atomic E-state index is 13.1. The molecule has 0 spiro atoms. The van der Waals surface area contributed by atoms with E-state index in [1.54, 1.807) is 6.07 Å². The van der Waals surface area contributed by atoms with Crippen LogP contribution < -0.4 is 15.4 Å². The molecule has 4 bridgehead atoms. The first-order chi connectivity index (χ1) is 16.0. The van der Waals surface area contributed by atoms with Crippen LogP contribution in [0.25, 0.3) is 0 Å². The molecular formula is C27H39N3O3. The number of likely N-dealkylation sites (tertiary alicyclic amines) is 1. The molecule has 2 amide bonds. The van der Waals surface area contributed by atoms with Crippen LogP contribution in [-0.4, -0.2) is 48.5 Å². The molecule has 4 aliphatic carbocycles. The fourth-order valence-electron chi connectivity index (χ4n) is 7.08. The molecule has 6 heteroatoms. The van der Waals surface area contributed by atoms with Gasteiger partial charge < -0.3 is 15.4 Å². The van der Waals surface area contributed by atoms with Crippen molar-refractivity contribution in [1.82, 2.24) is 10.2 Å². The van der Waals surface area contributed by atoms with Gasteiger partial charge in [-0.3, -0.25) is 14.5 Å². The van der Waals surface area contributed by atoms with E-state index in [1.807, 2.05) is 12.1 Å². The fourth-order valence-corrected chi connectivity index (χ4v) is 7.08. The standard InChI is InChI=1S/C27H39N3O3/c1-2-3-8-28-26(32)23-14-22(29-25(31)18-30-9-4-5-10-30)6-7-24(23)33-27-15-19-11-20(16-27)13-21(12-19)17-27/h6-7,14,19-21H,2-5,8-13,15-18H2,1H3,(H,28,32)(H,29,31). The molecular weight excluding hydrogens is 414 g/mol. The Balaban J connectivity index is 1.33. The zero-order valence-electron chi connectivity index (χ0n) is 20.0. The summed E-state index contributed by atoms with van der Waals surface area (Å²) in [5.41, 5.74) is 1.09. The molecule has 6 nitrogen and oxygen atoms in total. The van der Waals surface area contributed by atoms with E-state index in [-0.39, 0.29) is 17.4 Å². The van der Waals surface area contributed by atoms with Crippen LogP contribution in [0.2, 0.25) is 0 Å². The Morgan fingerprint density at radius 2 is 1.73 bits per heavy atom. The third kappa shape index (κ3) is 5.21. The van der Waals surface area contributed by atoms with E-state index in [9.17, 15) is 9.59 Å². The lowest BCUT2D eigenvalue weighted by Gasteiger charge is -2.56. The highest BCUT2D eigenvalue weighted by molar-refractivity contribution is 5.99. The minimum Gasteiger partial charge on any atom is -0.486 e. The van der Waals surface area contributed by atoms with Crippen molar-refractivity contribution in [3.05, 3.63) is 23.8 Å². The largest absolute Gasteiger partial charge is 0.486 e. The number of benzene rings is 1. The lowest BCUT2D eigenvalue weighted by atomic mass is 9.54. The predicted molar refractivity (Wildman–Crippen MR) is 130 cm³/mol. The Bertz CT molecular complexity index is 842. The van der Waals surface area contributed by atoms with Gasteiger partial charge in [-0.1, -0.05) is 13.3 Å². The van der Waals surface area contributed by atoms with Crippen LogP contribution in [0.5, 0.6) is 5.75 Å². The van der Waals surface area contributed by atoms with Crippen LogP contribution in [-0.2, 0) is 4.79 Å². The first-order valence-corrected chi connectivity index (χ1v) is 13.2. The number of nitrogens with one attached hydrogen (secondary N) is 2. The number of ether oxygens (including phenoxy) is 1. The zero-order valence-corrected chi connectivity index (χ0v) is 20.0. The lowest BCUT2D eigenvalue weighted by Crippen LogP contribution is -2.53. The number of amides is 2. The highest BCUT2D eigenvalue weighted by atomic mass is 16.5. The van der Waals surface area contributed by atoms with Crippen molar-refractivity contribution in [2.24, 2.45) is 17.8 Å². The Morgan fingerprint density at radius 3 is 2.36 bits per heavy atom. The van der Waals surface area contributed by atoms with Crippen molar-refractivity contribution in [3.8, 4) is 5.75 Å². The topological polar surface area (TPSA) is 70.7 Å². The molecule has 5 aliphatic rings. The highest BCUT2D eigenvalue weighted by Crippen LogP contribution is 2.57. The molecule has 1 aliphatic heterocycles. The number of carbonyl (C=O) groups is 2. The molecule has 1 aromatic carbocycles. The molecule has 180 valence electrons. The predicted octanol–water partition coefficient (Wildman–Crippen LogP) is 4.60. The fraction of sp³-hybridized carbons (Fsp3) is 0.704. The summed E-state index contributed by atoms with van der Waals surface area (Å²) >= 11 is 0. The molecule has 0 radical (unpaired) electrons. The molecule has 33 heavy (non-hydrogen) atoms. The first kappa shape index (κ1) is 22.7. The minimum atomic E-state index is -0.117. The Hall–Kier alpha value is -2.08. The van der Waals surface area contributed by atoms with Crippen LogP contribution in [0.15, 0.2) is 18.2 Å². The number of carbonyl (C=O) groups excluding carboxylic acids is 2. The Morgan fingerprint density at radius 1 is 1.06 bits per heavy atom. The van der Waals surface area contributed by atoms with E-state index in [1.165, 1.54) is 19.3 Å². The van der Waals surface area contributed by atoms with Gasteiger partial charge in [0.05, 0.1) is 12.1 Å². The summed E-state index contributed by atoms with van der Waals surface area (Å²) in [7, 11) is 0. The third-order valence-electron chi connectivity index (χ3n) is 8.20. The zero-order chi connectivity index (χ0) is 22.8. The second-order valence-electron chi connectivity index (χ2n) is 11.1. The van der Waals surface area contributed by atoms with Gasteiger partial charge >= 0.3 is 0 Å². The molecule has 1 saturated heterocycles. The van der Waals surface area contributed by atoms with Crippen molar-refractivity contribution >= 4 is 17.5 Å². The normalized spacial score (nSPS) is 30.4. The van der Waals surface area contributed by atoms with Crippen molar-refractivity contribution in [2.45, 2.75) is 76.7 Å². The summed E-state index contributed by atoms with van der Waals surface area (Å²) in [5, 5.41) is 6.05. The number of hydrogen-bond acceptors (Lipinski definition) is 4. The Kier molecular flexibility index (Phi) is 6.64. The van der Waals surface area contributed by atoms with Crippen molar-refractivity contribution < 1.29 is 14.3 Å². The van der Waals surface area contributed by atoms with E-state index in [4.69, 9.17) is 4.74 Å². The van der Waals surface area contributed by atoms with Gasteiger partial charge in [0.25, 0.3) is 5.91 Å². The smallest absolute Gasteiger partial charge is 0.255 e. The molecule has 6 rings (SSSR count). The molecule has 5 fully saturated rings. The Labute approximate surface area is 197 Å². The average molecular weight is 454 g/mol. The maximum atomic E-state index is 13.1. The van der Waals surface area contributed by atoms with Gasteiger partial charge in [-0.2, -0.15) is 0 Å².